The first kappa shape index (κ1) is 111. The van der Waals surface area contributed by atoms with Crippen molar-refractivity contribution in [3.05, 3.63) is 446 Å². The Morgan fingerprint density at radius 1 is 0.357 bits per heavy atom. The van der Waals surface area contributed by atoms with Crippen LogP contribution in [0, 0.1) is 70.0 Å². The minimum atomic E-state index is -0.358. The third-order valence-corrected chi connectivity index (χ3v) is 28.2. The summed E-state index contributed by atoms with van der Waals surface area (Å²) in [6, 6.07) is 143. The summed E-state index contributed by atoms with van der Waals surface area (Å²) < 4.78 is 24.9. The standard InChI is InChI=1S/C26H35O2P.C18H21BNO2.C18H14N.C17H12N.C15H16N.2C12H10N.C6H5Br.3Ir/c1-27-23-17-11-18-24(28-2)26(23)22-16-9-10-19-25(22)29(20-12-5-3-6-13-20)21-14-7-4-8-15-21;1-13-8-6-11-16(20-13)14-9-7-10-15(12-14)19-21-17(2,3)18(4,5)22-19;1-14-7-5-12-18(19-14)17-11-6-10-16(13-17)15-8-3-2-4-9-15;1-2-7-14(8-3-1)15-9-6-10-16(13-15)17-11-4-5-12-18-17;1-12(2)11-14-9-6-10-15(16-14)13-7-4-3-5-8-13;2*1-10-6-5-9-12(13-10)11-7-3-2-4-8-11;7-6-4-2-1-3-5-6;;;/h9-11,16-21H,3-8,12-15H2,1-2H3;6-8,10-12H,1-5H3;2-10,12-13H,1H3;1-9,11-13H;3-7,9-10,12H,11H2,1-2H3;2*2-7,9H,1H3;1-5H;;;/q;6*-1;;;;. The van der Waals surface area contributed by atoms with E-state index in [2.05, 4.69) is 233 Å². The number of pyridine rings is 6. The van der Waals surface area contributed by atoms with E-state index in [0.29, 0.717) is 5.92 Å². The maximum absolute atomic E-state index is 6.11. The van der Waals surface area contributed by atoms with E-state index in [4.69, 9.17) is 18.8 Å². The molecule has 3 radical (unpaired) electrons. The van der Waals surface area contributed by atoms with Gasteiger partial charge >= 0.3 is 7.12 Å². The molecule has 140 heavy (non-hydrogen) atoms. The number of benzene rings is 11. The van der Waals surface area contributed by atoms with Crippen LogP contribution in [0.1, 0.15) is 134 Å². The van der Waals surface area contributed by atoms with Gasteiger partial charge in [-0.1, -0.05) is 258 Å². The molecule has 10 nitrogen and oxygen atoms in total. The van der Waals surface area contributed by atoms with Crippen LogP contribution in [0.3, 0.4) is 0 Å². The number of rotatable bonds is 17. The van der Waals surface area contributed by atoms with Crippen molar-refractivity contribution in [3.8, 4) is 112 Å². The first-order valence-corrected chi connectivity index (χ1v) is 49.9. The molecule has 0 spiro atoms. The third kappa shape index (κ3) is 33.5. The smallest absolute Gasteiger partial charge is 0.475 e. The molecule has 0 N–H and O–H groups in total. The van der Waals surface area contributed by atoms with E-state index in [1.54, 1.807) is 25.7 Å². The van der Waals surface area contributed by atoms with Crippen molar-refractivity contribution in [3.63, 3.8) is 0 Å². The minimum Gasteiger partial charge on any atom is -0.496 e. The average Bonchev–Trinajstić information content (AvgIpc) is 1.74. The molecule has 16 heteroatoms. The molecule has 0 unspecified atom stereocenters. The average molecular weight is 2460 g/mol. The van der Waals surface area contributed by atoms with Crippen molar-refractivity contribution in [1.29, 1.82) is 0 Å². The van der Waals surface area contributed by atoms with Gasteiger partial charge in [-0.05, 0) is 222 Å². The summed E-state index contributed by atoms with van der Waals surface area (Å²) in [5.74, 6) is 2.47. The molecule has 3 aliphatic rings. The normalized spacial score (nSPS) is 13.2. The molecule has 17 aromatic rings. The van der Waals surface area contributed by atoms with Crippen molar-refractivity contribution in [2.24, 2.45) is 5.92 Å². The quantitative estimate of drug-likeness (QED) is 0.0496. The van der Waals surface area contributed by atoms with Gasteiger partial charge in [0, 0.05) is 99.5 Å². The summed E-state index contributed by atoms with van der Waals surface area (Å²) in [5.41, 5.74) is 26.6. The number of aryl methyl sites for hydroxylation is 4. The van der Waals surface area contributed by atoms with Gasteiger partial charge in [0.25, 0.3) is 0 Å². The van der Waals surface area contributed by atoms with Crippen molar-refractivity contribution >= 4 is 41.7 Å². The van der Waals surface area contributed by atoms with E-state index in [1.165, 1.54) is 92.0 Å². The molecule has 2 aliphatic carbocycles. The van der Waals surface area contributed by atoms with E-state index in [-0.39, 0.29) is 86.6 Å². The van der Waals surface area contributed by atoms with Crippen LogP contribution < -0.4 is 20.2 Å². The number of hydrogen-bond acceptors (Lipinski definition) is 10. The molecule has 721 valence electrons. The minimum absolute atomic E-state index is 0. The maximum atomic E-state index is 6.11. The first-order valence-electron chi connectivity index (χ1n) is 47.6. The second kappa shape index (κ2) is 57.6. The Morgan fingerprint density at radius 3 is 1.11 bits per heavy atom. The third-order valence-electron chi connectivity index (χ3n) is 24.1. The van der Waals surface area contributed by atoms with Gasteiger partial charge in [0.2, 0.25) is 0 Å². The van der Waals surface area contributed by atoms with Crippen LogP contribution in [0.4, 0.5) is 0 Å². The molecule has 1 aliphatic heterocycles. The zero-order valence-electron chi connectivity index (χ0n) is 82.0. The van der Waals surface area contributed by atoms with E-state index in [1.807, 2.05) is 289 Å². The molecule has 0 bridgehead atoms. The number of halogens is 1. The SMILES string of the molecule is Brc1ccccc1.CC(C)Cc1cccc(-c2[c-]cccc2)n1.COc1cccc(OC)c1-c1ccccc1P(C1CCCCC1)C1CCCCC1.Cc1cccc(-c2[c-]ccc(-c3ccccc3)c2)n1.Cc1cccc(-c2[c-]ccc(B3OC(C)(C)C(C)(C)O3)c2)n1.Cc1cccc(-c2[c-]cccc2)n1.Cc1cccc(-c2[c-]cccc2)n1.[Ir].[Ir].[Ir].[c-]1ccc(-c2ccccc2)cc1-c1ccccn1. The molecule has 20 rings (SSSR count). The zero-order chi connectivity index (χ0) is 96.0. The maximum Gasteiger partial charge on any atom is 0.475 e. The molecule has 7 heterocycles. The van der Waals surface area contributed by atoms with E-state index in [9.17, 15) is 0 Å². The second-order valence-corrected chi connectivity index (χ2v) is 39.2. The van der Waals surface area contributed by atoms with Gasteiger partial charge in [0.05, 0.1) is 31.0 Å². The van der Waals surface area contributed by atoms with Gasteiger partial charge in [-0.2, -0.15) is 0 Å². The topological polar surface area (TPSA) is 114 Å². The summed E-state index contributed by atoms with van der Waals surface area (Å²) in [7, 11) is 3.00. The molecule has 3 fully saturated rings. The van der Waals surface area contributed by atoms with Crippen LogP contribution in [0.5, 0.6) is 11.5 Å². The Hall–Kier alpha value is -11.2. The summed E-state index contributed by atoms with van der Waals surface area (Å²) in [5, 5.41) is 1.59. The van der Waals surface area contributed by atoms with Crippen molar-refractivity contribution < 1.29 is 79.1 Å². The summed E-state index contributed by atoms with van der Waals surface area (Å²) >= 11 is 3.31. The number of aromatic nitrogens is 6. The zero-order valence-corrected chi connectivity index (χ0v) is 91.7. The van der Waals surface area contributed by atoms with E-state index in [0.717, 1.165) is 141 Å². The Morgan fingerprint density at radius 2 is 0.714 bits per heavy atom. The number of ether oxygens (including phenoxy) is 2. The molecule has 1 saturated heterocycles. The molecule has 0 amide bonds. The predicted molar refractivity (Wildman–Crippen MR) is 575 cm³/mol. The Kier molecular flexibility index (Phi) is 45.6. The second-order valence-electron chi connectivity index (χ2n) is 35.5. The van der Waals surface area contributed by atoms with Gasteiger partial charge in [-0.15, -0.1) is 214 Å². The van der Waals surface area contributed by atoms with Crippen LogP contribution in [-0.2, 0) is 76.0 Å². The Labute approximate surface area is 883 Å². The van der Waals surface area contributed by atoms with Crippen LogP contribution >= 0.6 is 23.9 Å². The fraction of sp³-hybridized carbons (Fsp3) is 0.226. The molecular weight excluding hydrogens is 2340 g/mol. The fourth-order valence-electron chi connectivity index (χ4n) is 16.6. The monoisotopic (exact) mass is 2460 g/mol. The van der Waals surface area contributed by atoms with Crippen LogP contribution in [0.2, 0.25) is 0 Å². The molecular formula is C124H123BBrIr3N6O4P-6. The van der Waals surface area contributed by atoms with E-state index >= 15 is 0 Å². The van der Waals surface area contributed by atoms with Gasteiger partial charge in [0.15, 0.2) is 0 Å². The summed E-state index contributed by atoms with van der Waals surface area (Å²) in [4.78, 5) is 26.9. The van der Waals surface area contributed by atoms with Gasteiger partial charge in [-0.3, -0.25) is 0 Å². The fourth-order valence-corrected chi connectivity index (χ4v) is 20.8. The van der Waals surface area contributed by atoms with Gasteiger partial charge in [-0.25, -0.2) is 0 Å². The largest absolute Gasteiger partial charge is 0.496 e. The van der Waals surface area contributed by atoms with Gasteiger partial charge in [0.1, 0.15) is 11.5 Å². The number of nitrogens with zero attached hydrogens (tertiary/aromatic N) is 6. The van der Waals surface area contributed by atoms with Crippen LogP contribution in [-0.4, -0.2) is 73.8 Å². The summed E-state index contributed by atoms with van der Waals surface area (Å²) in [6.07, 6.45) is 17.0. The number of methoxy groups -OCH3 is 2. The first-order chi connectivity index (χ1) is 66.7. The Balaban J connectivity index is 0.000000168. The van der Waals surface area contributed by atoms with Crippen molar-refractivity contribution in [1.82, 2.24) is 29.9 Å². The molecule has 11 aromatic carbocycles. The van der Waals surface area contributed by atoms with Crippen LogP contribution in [0.15, 0.2) is 381 Å². The van der Waals surface area contributed by atoms with Crippen LogP contribution in [0.25, 0.3) is 101 Å². The summed E-state index contributed by atoms with van der Waals surface area (Å²) in [6.45, 7) is 20.6. The van der Waals surface area contributed by atoms with Crippen molar-refractivity contribution in [2.45, 2.75) is 162 Å². The number of hydrogen-bond donors (Lipinski definition) is 0. The van der Waals surface area contributed by atoms with E-state index < -0.39 is 0 Å². The predicted octanol–water partition coefficient (Wildman–Crippen LogP) is 30.9. The van der Waals surface area contributed by atoms with Gasteiger partial charge < -0.3 is 48.7 Å². The molecule has 0 atom stereocenters. The Bertz CT molecular complexity index is 6320. The van der Waals surface area contributed by atoms with Crippen molar-refractivity contribution in [2.75, 3.05) is 14.2 Å². The molecule has 2 saturated carbocycles. The molecule has 6 aromatic heterocycles.